The molecule has 0 saturated heterocycles. The molecule has 0 saturated carbocycles. The van der Waals surface area contributed by atoms with E-state index in [1.807, 2.05) is 0 Å². The number of halogens is 4. The molecule has 2 aromatic carbocycles. The van der Waals surface area contributed by atoms with Crippen LogP contribution in [0.1, 0.15) is 10.4 Å². The van der Waals surface area contributed by atoms with E-state index in [0.717, 1.165) is 30.3 Å². The van der Waals surface area contributed by atoms with Gasteiger partial charge in [-0.3, -0.25) is 4.79 Å². The van der Waals surface area contributed by atoms with E-state index in [4.69, 9.17) is 5.11 Å². The van der Waals surface area contributed by atoms with Gasteiger partial charge < -0.3 is 9.84 Å². The van der Waals surface area contributed by atoms with Crippen LogP contribution in [0.25, 0.3) is 11.1 Å². The number of carboxylic acid groups (broad SMARTS) is 1. The van der Waals surface area contributed by atoms with E-state index < -0.39 is 35.2 Å². The van der Waals surface area contributed by atoms with Crippen LogP contribution in [0.5, 0.6) is 5.75 Å². The SMILES string of the molecule is O=C(O)C(=O)c1cccc(-c2c(F)cccc2OC(F)(F)F)c1. The summed E-state index contributed by atoms with van der Waals surface area (Å²) in [6.07, 6.45) is -5.03. The van der Waals surface area contributed by atoms with Crippen molar-refractivity contribution < 1.29 is 37.0 Å². The molecule has 0 atom stereocenters. The van der Waals surface area contributed by atoms with Crippen LogP contribution in [-0.2, 0) is 4.79 Å². The standard InChI is InChI=1S/C15H8F4O4/c16-10-5-2-6-11(23-15(17,18)19)12(10)8-3-1-4-9(7-8)13(20)14(21)22/h1-7H,(H,21,22). The van der Waals surface area contributed by atoms with Crippen LogP contribution in [0.3, 0.4) is 0 Å². The van der Waals surface area contributed by atoms with E-state index in [9.17, 15) is 27.2 Å². The predicted molar refractivity (Wildman–Crippen MR) is 70.5 cm³/mol. The van der Waals surface area contributed by atoms with Crippen LogP contribution < -0.4 is 4.74 Å². The Kier molecular flexibility index (Phi) is 4.35. The third-order valence-corrected chi connectivity index (χ3v) is 2.81. The van der Waals surface area contributed by atoms with E-state index in [-0.39, 0.29) is 11.1 Å². The number of ketones is 1. The fourth-order valence-electron chi connectivity index (χ4n) is 1.93. The Bertz CT molecular complexity index is 768. The first-order valence-electron chi connectivity index (χ1n) is 6.11. The van der Waals surface area contributed by atoms with Crippen LogP contribution in [0, 0.1) is 5.82 Å². The molecule has 0 aliphatic rings. The number of carbonyl (C=O) groups is 2. The summed E-state index contributed by atoms with van der Waals surface area (Å²) in [7, 11) is 0. The molecule has 4 nitrogen and oxygen atoms in total. The maximum absolute atomic E-state index is 14.0. The van der Waals surface area contributed by atoms with E-state index in [2.05, 4.69) is 4.74 Å². The summed E-state index contributed by atoms with van der Waals surface area (Å²) >= 11 is 0. The van der Waals surface area contributed by atoms with Crippen molar-refractivity contribution >= 4 is 11.8 Å². The summed E-state index contributed by atoms with van der Waals surface area (Å²) in [5.41, 5.74) is -0.935. The number of ether oxygens (including phenoxy) is 1. The van der Waals surface area contributed by atoms with Gasteiger partial charge in [-0.1, -0.05) is 24.3 Å². The van der Waals surface area contributed by atoms with Gasteiger partial charge in [0.15, 0.2) is 0 Å². The zero-order chi connectivity index (χ0) is 17.2. The molecule has 8 heteroatoms. The first kappa shape index (κ1) is 16.5. The normalized spacial score (nSPS) is 11.1. The molecular weight excluding hydrogens is 320 g/mol. The van der Waals surface area contributed by atoms with Gasteiger partial charge in [-0.05, 0) is 23.8 Å². The minimum atomic E-state index is -5.03. The second-order valence-electron chi connectivity index (χ2n) is 4.38. The third-order valence-electron chi connectivity index (χ3n) is 2.81. The van der Waals surface area contributed by atoms with Gasteiger partial charge in [0, 0.05) is 5.56 Å². The summed E-state index contributed by atoms with van der Waals surface area (Å²) in [6.45, 7) is 0. The summed E-state index contributed by atoms with van der Waals surface area (Å²) in [5, 5.41) is 8.66. The average Bonchev–Trinajstić information content (AvgIpc) is 2.45. The van der Waals surface area contributed by atoms with Crippen molar-refractivity contribution in [1.82, 2.24) is 0 Å². The quantitative estimate of drug-likeness (QED) is 0.528. The molecule has 120 valence electrons. The summed E-state index contributed by atoms with van der Waals surface area (Å²) in [4.78, 5) is 22.1. The maximum atomic E-state index is 14.0. The molecule has 0 aromatic heterocycles. The number of hydrogen-bond donors (Lipinski definition) is 1. The van der Waals surface area contributed by atoms with E-state index in [1.54, 1.807) is 0 Å². The van der Waals surface area contributed by atoms with E-state index >= 15 is 0 Å². The molecule has 0 amide bonds. The van der Waals surface area contributed by atoms with Crippen molar-refractivity contribution in [2.45, 2.75) is 6.36 Å². The number of alkyl halides is 3. The first-order chi connectivity index (χ1) is 10.7. The number of carbonyl (C=O) groups excluding carboxylic acids is 1. The van der Waals surface area contributed by atoms with Crippen LogP contribution in [-0.4, -0.2) is 23.2 Å². The van der Waals surface area contributed by atoms with Crippen molar-refractivity contribution in [3.8, 4) is 16.9 Å². The fourth-order valence-corrected chi connectivity index (χ4v) is 1.93. The molecule has 23 heavy (non-hydrogen) atoms. The number of aliphatic carboxylic acids is 1. The Balaban J connectivity index is 2.56. The molecule has 1 N–H and O–H groups in total. The zero-order valence-electron chi connectivity index (χ0n) is 11.2. The monoisotopic (exact) mass is 328 g/mol. The Hall–Kier alpha value is -2.90. The Labute approximate surface area is 126 Å². The van der Waals surface area contributed by atoms with Gasteiger partial charge in [0.25, 0.3) is 5.78 Å². The Morgan fingerprint density at radius 3 is 2.30 bits per heavy atom. The molecule has 0 aliphatic heterocycles. The summed E-state index contributed by atoms with van der Waals surface area (Å²) in [6, 6.07) is 7.48. The number of hydrogen-bond acceptors (Lipinski definition) is 3. The number of carboxylic acids is 1. The highest BCUT2D eigenvalue weighted by Gasteiger charge is 2.33. The van der Waals surface area contributed by atoms with Gasteiger partial charge in [0.05, 0.1) is 5.56 Å². The Morgan fingerprint density at radius 2 is 1.70 bits per heavy atom. The lowest BCUT2D eigenvalue weighted by atomic mass is 10.00. The number of Topliss-reactive ketones (excluding diaryl/α,β-unsaturated/α-hetero) is 1. The molecule has 0 unspecified atom stereocenters. The lowest BCUT2D eigenvalue weighted by Crippen LogP contribution is -2.18. The van der Waals surface area contributed by atoms with Crippen LogP contribution in [0.2, 0.25) is 0 Å². The molecule has 0 spiro atoms. The smallest absolute Gasteiger partial charge is 0.475 e. The zero-order valence-corrected chi connectivity index (χ0v) is 11.2. The topological polar surface area (TPSA) is 63.6 Å². The molecule has 0 aliphatic carbocycles. The number of benzene rings is 2. The average molecular weight is 328 g/mol. The fraction of sp³-hybridized carbons (Fsp3) is 0.0667. The van der Waals surface area contributed by atoms with Crippen molar-refractivity contribution in [3.05, 3.63) is 53.8 Å². The number of rotatable bonds is 4. The summed E-state index contributed by atoms with van der Waals surface area (Å²) in [5.74, 6) is -4.80. The highest BCUT2D eigenvalue weighted by molar-refractivity contribution is 6.40. The van der Waals surface area contributed by atoms with Gasteiger partial charge in [0.1, 0.15) is 11.6 Å². The van der Waals surface area contributed by atoms with Gasteiger partial charge in [-0.25, -0.2) is 9.18 Å². The second-order valence-corrected chi connectivity index (χ2v) is 4.38. The summed E-state index contributed by atoms with van der Waals surface area (Å²) < 4.78 is 54.9. The van der Waals surface area contributed by atoms with Crippen LogP contribution in [0.4, 0.5) is 17.6 Å². The molecule has 0 fully saturated rings. The van der Waals surface area contributed by atoms with E-state index in [1.165, 1.54) is 12.1 Å². The van der Waals surface area contributed by atoms with Gasteiger partial charge in [0.2, 0.25) is 0 Å². The van der Waals surface area contributed by atoms with Crippen LogP contribution >= 0.6 is 0 Å². The minimum Gasteiger partial charge on any atom is -0.475 e. The molecule has 0 radical (unpaired) electrons. The second kappa shape index (κ2) is 6.07. The minimum absolute atomic E-state index is 0.116. The highest BCUT2D eigenvalue weighted by Crippen LogP contribution is 2.36. The van der Waals surface area contributed by atoms with E-state index in [0.29, 0.717) is 0 Å². The molecule has 0 heterocycles. The van der Waals surface area contributed by atoms with Crippen LogP contribution in [0.15, 0.2) is 42.5 Å². The molecule has 2 aromatic rings. The molecular formula is C15H8F4O4. The lowest BCUT2D eigenvalue weighted by molar-refractivity contribution is -0.274. The Morgan fingerprint density at radius 1 is 1.04 bits per heavy atom. The maximum Gasteiger partial charge on any atom is 0.573 e. The largest absolute Gasteiger partial charge is 0.573 e. The van der Waals surface area contributed by atoms with Gasteiger partial charge in [-0.15, -0.1) is 13.2 Å². The lowest BCUT2D eigenvalue weighted by Gasteiger charge is -2.14. The molecule has 0 bridgehead atoms. The van der Waals surface area contributed by atoms with Crippen molar-refractivity contribution in [2.24, 2.45) is 0 Å². The molecule has 2 rings (SSSR count). The van der Waals surface area contributed by atoms with Crippen molar-refractivity contribution in [3.63, 3.8) is 0 Å². The first-order valence-corrected chi connectivity index (χ1v) is 6.11. The van der Waals surface area contributed by atoms with Gasteiger partial charge >= 0.3 is 12.3 Å². The van der Waals surface area contributed by atoms with Crippen molar-refractivity contribution in [2.75, 3.05) is 0 Å². The van der Waals surface area contributed by atoms with Gasteiger partial charge in [-0.2, -0.15) is 0 Å². The third kappa shape index (κ3) is 3.85. The predicted octanol–water partition coefficient (Wildman–Crippen LogP) is 3.66. The highest BCUT2D eigenvalue weighted by atomic mass is 19.4. The van der Waals surface area contributed by atoms with Crippen molar-refractivity contribution in [1.29, 1.82) is 0 Å².